The van der Waals surface area contributed by atoms with Crippen molar-refractivity contribution in [2.24, 2.45) is 0 Å². The number of sulfone groups is 1. The van der Waals surface area contributed by atoms with E-state index in [2.05, 4.69) is 4.98 Å². The Kier molecular flexibility index (Phi) is 2.88. The molecule has 0 aliphatic carbocycles. The fourth-order valence-electron chi connectivity index (χ4n) is 1.53. The van der Waals surface area contributed by atoms with E-state index < -0.39 is 9.84 Å². The normalized spacial score (nSPS) is 24.1. The number of rotatable bonds is 2. The van der Waals surface area contributed by atoms with Crippen LogP contribution in [-0.4, -0.2) is 30.2 Å². The molecule has 0 amide bonds. The van der Waals surface area contributed by atoms with Gasteiger partial charge in [0.25, 0.3) is 0 Å². The molecule has 0 radical (unpaired) electrons. The van der Waals surface area contributed by atoms with Gasteiger partial charge in [-0.15, -0.1) is 11.8 Å². The number of thioether (sulfide) groups is 1. The van der Waals surface area contributed by atoms with Crippen LogP contribution in [0.5, 0.6) is 0 Å². The Morgan fingerprint density at radius 3 is 2.93 bits per heavy atom. The Balaban J connectivity index is 2.08. The molecule has 1 saturated heterocycles. The van der Waals surface area contributed by atoms with Crippen LogP contribution >= 0.6 is 11.8 Å². The monoisotopic (exact) mass is 244 g/mol. The molecule has 0 saturated carbocycles. The third-order valence-corrected chi connectivity index (χ3v) is 5.63. The molecule has 1 atom stereocenters. The molecule has 15 heavy (non-hydrogen) atoms. The number of nitrogen functional groups attached to an aromatic ring is 1. The number of hydrogen-bond donors (Lipinski definition) is 1. The van der Waals surface area contributed by atoms with Gasteiger partial charge in [0.05, 0.1) is 23.4 Å². The van der Waals surface area contributed by atoms with Crippen molar-refractivity contribution < 1.29 is 8.42 Å². The molecule has 6 heteroatoms. The van der Waals surface area contributed by atoms with Crippen LogP contribution in [0.1, 0.15) is 6.42 Å². The molecule has 4 nitrogen and oxygen atoms in total. The SMILES string of the molecule is Nc1cnccc1SC1CCS(=O)(=O)C1. The van der Waals surface area contributed by atoms with Crippen LogP contribution in [0, 0.1) is 0 Å². The highest BCUT2D eigenvalue weighted by atomic mass is 32.2. The van der Waals surface area contributed by atoms with Crippen molar-refractivity contribution in [1.29, 1.82) is 0 Å². The molecule has 0 bridgehead atoms. The van der Waals surface area contributed by atoms with Crippen molar-refractivity contribution in [3.63, 3.8) is 0 Å². The molecular weight excluding hydrogens is 232 g/mol. The second-order valence-corrected chi connectivity index (χ2v) is 7.13. The first-order valence-corrected chi connectivity index (χ1v) is 7.33. The Labute approximate surface area is 93.2 Å². The van der Waals surface area contributed by atoms with E-state index in [9.17, 15) is 8.42 Å². The third-order valence-electron chi connectivity index (χ3n) is 2.29. The maximum atomic E-state index is 11.3. The first-order chi connectivity index (χ1) is 7.07. The van der Waals surface area contributed by atoms with Gasteiger partial charge in [0.1, 0.15) is 0 Å². The van der Waals surface area contributed by atoms with E-state index in [0.717, 1.165) is 11.3 Å². The predicted molar refractivity (Wildman–Crippen MR) is 61.6 cm³/mol. The Morgan fingerprint density at radius 1 is 1.53 bits per heavy atom. The molecule has 2 N–H and O–H groups in total. The molecule has 1 aliphatic rings. The van der Waals surface area contributed by atoms with Crippen LogP contribution in [0.15, 0.2) is 23.4 Å². The van der Waals surface area contributed by atoms with E-state index in [1.165, 1.54) is 11.8 Å². The van der Waals surface area contributed by atoms with Gasteiger partial charge in [0.15, 0.2) is 9.84 Å². The van der Waals surface area contributed by atoms with Gasteiger partial charge >= 0.3 is 0 Å². The summed E-state index contributed by atoms with van der Waals surface area (Å²) in [5.41, 5.74) is 6.35. The number of aromatic nitrogens is 1. The van der Waals surface area contributed by atoms with E-state index in [0.29, 0.717) is 11.4 Å². The topological polar surface area (TPSA) is 73.0 Å². The quantitative estimate of drug-likeness (QED) is 0.838. The number of nitrogens with zero attached hydrogens (tertiary/aromatic N) is 1. The van der Waals surface area contributed by atoms with Crippen molar-refractivity contribution in [2.75, 3.05) is 17.2 Å². The fourth-order valence-corrected chi connectivity index (χ4v) is 5.04. The van der Waals surface area contributed by atoms with Gasteiger partial charge in [-0.05, 0) is 12.5 Å². The predicted octanol–water partition coefficient (Wildman–Crippen LogP) is 0.943. The summed E-state index contributed by atoms with van der Waals surface area (Å²) >= 11 is 1.54. The zero-order valence-electron chi connectivity index (χ0n) is 8.09. The molecule has 82 valence electrons. The van der Waals surface area contributed by atoms with Gasteiger partial charge in [-0.3, -0.25) is 4.98 Å². The summed E-state index contributed by atoms with van der Waals surface area (Å²) in [6.45, 7) is 0. The highest BCUT2D eigenvalue weighted by Crippen LogP contribution is 2.33. The molecule has 2 rings (SSSR count). The number of nitrogens with two attached hydrogens (primary N) is 1. The number of pyridine rings is 1. The summed E-state index contributed by atoms with van der Waals surface area (Å²) in [6, 6.07) is 1.82. The van der Waals surface area contributed by atoms with E-state index >= 15 is 0 Å². The zero-order valence-corrected chi connectivity index (χ0v) is 9.72. The van der Waals surface area contributed by atoms with Crippen molar-refractivity contribution in [3.8, 4) is 0 Å². The molecule has 2 heterocycles. The Hall–Kier alpha value is -0.750. The average Bonchev–Trinajstić information content (AvgIpc) is 2.50. The lowest BCUT2D eigenvalue weighted by Gasteiger charge is -2.08. The highest BCUT2D eigenvalue weighted by Gasteiger charge is 2.28. The first kappa shape index (κ1) is 10.8. The van der Waals surface area contributed by atoms with Crippen LogP contribution in [0.2, 0.25) is 0 Å². The van der Waals surface area contributed by atoms with E-state index in [4.69, 9.17) is 5.73 Å². The maximum Gasteiger partial charge on any atom is 0.151 e. The summed E-state index contributed by atoms with van der Waals surface area (Å²) in [6.07, 6.45) is 3.97. The largest absolute Gasteiger partial charge is 0.397 e. The standard InChI is InChI=1S/C9H12N2O2S2/c10-8-5-11-3-1-9(8)14-7-2-4-15(12,13)6-7/h1,3,5,7H,2,4,6,10H2. The van der Waals surface area contributed by atoms with Gasteiger partial charge in [-0.25, -0.2) is 8.42 Å². The molecule has 1 aromatic heterocycles. The summed E-state index contributed by atoms with van der Waals surface area (Å²) in [5.74, 6) is 0.565. The van der Waals surface area contributed by atoms with Gasteiger partial charge in [-0.1, -0.05) is 0 Å². The minimum atomic E-state index is -2.81. The number of hydrogen-bond acceptors (Lipinski definition) is 5. The van der Waals surface area contributed by atoms with Crippen LogP contribution in [-0.2, 0) is 9.84 Å². The molecule has 1 fully saturated rings. The van der Waals surface area contributed by atoms with Crippen LogP contribution in [0.4, 0.5) is 5.69 Å². The second kappa shape index (κ2) is 4.02. The van der Waals surface area contributed by atoms with Crippen LogP contribution < -0.4 is 5.73 Å². The summed E-state index contributed by atoms with van der Waals surface area (Å²) in [7, 11) is -2.81. The van der Waals surface area contributed by atoms with E-state index in [-0.39, 0.29) is 11.0 Å². The molecule has 0 aromatic carbocycles. The molecular formula is C9H12N2O2S2. The lowest BCUT2D eigenvalue weighted by molar-refractivity contribution is 0.602. The summed E-state index contributed by atoms with van der Waals surface area (Å²) in [4.78, 5) is 4.81. The van der Waals surface area contributed by atoms with Crippen molar-refractivity contribution in [1.82, 2.24) is 4.98 Å². The molecule has 1 unspecified atom stereocenters. The minimum absolute atomic E-state index is 0.139. The number of anilines is 1. The van der Waals surface area contributed by atoms with E-state index in [1.807, 2.05) is 6.07 Å². The van der Waals surface area contributed by atoms with Crippen LogP contribution in [0.3, 0.4) is 0 Å². The zero-order chi connectivity index (χ0) is 10.9. The highest BCUT2D eigenvalue weighted by molar-refractivity contribution is 8.02. The molecule has 1 aromatic rings. The van der Waals surface area contributed by atoms with Gasteiger partial charge in [0.2, 0.25) is 0 Å². The third kappa shape index (κ3) is 2.63. The van der Waals surface area contributed by atoms with E-state index in [1.54, 1.807) is 12.4 Å². The Bertz CT molecular complexity index is 459. The van der Waals surface area contributed by atoms with Crippen molar-refractivity contribution in [2.45, 2.75) is 16.6 Å². The Morgan fingerprint density at radius 2 is 2.33 bits per heavy atom. The summed E-state index contributed by atoms with van der Waals surface area (Å²) < 4.78 is 22.5. The van der Waals surface area contributed by atoms with Crippen LogP contribution in [0.25, 0.3) is 0 Å². The second-order valence-electron chi connectivity index (χ2n) is 3.56. The average molecular weight is 244 g/mol. The van der Waals surface area contributed by atoms with Gasteiger partial charge < -0.3 is 5.73 Å². The lowest BCUT2D eigenvalue weighted by atomic mass is 10.4. The van der Waals surface area contributed by atoms with Gasteiger partial charge in [-0.2, -0.15) is 0 Å². The maximum absolute atomic E-state index is 11.3. The smallest absolute Gasteiger partial charge is 0.151 e. The first-order valence-electron chi connectivity index (χ1n) is 4.63. The summed E-state index contributed by atoms with van der Waals surface area (Å²) in [5, 5.41) is 0.139. The minimum Gasteiger partial charge on any atom is -0.397 e. The fraction of sp³-hybridized carbons (Fsp3) is 0.444. The molecule has 1 aliphatic heterocycles. The van der Waals surface area contributed by atoms with Crippen molar-refractivity contribution in [3.05, 3.63) is 18.5 Å². The van der Waals surface area contributed by atoms with Gasteiger partial charge in [0, 0.05) is 16.3 Å². The van der Waals surface area contributed by atoms with Crippen molar-refractivity contribution >= 4 is 27.3 Å². The lowest BCUT2D eigenvalue weighted by Crippen LogP contribution is -2.06. The molecule has 0 spiro atoms.